The summed E-state index contributed by atoms with van der Waals surface area (Å²) < 4.78 is 4.74. The van der Waals surface area contributed by atoms with E-state index in [0.717, 1.165) is 72.3 Å². The summed E-state index contributed by atoms with van der Waals surface area (Å²) in [6.45, 7) is 0. The molecule has 68 heavy (non-hydrogen) atoms. The van der Waals surface area contributed by atoms with Crippen molar-refractivity contribution in [2.24, 2.45) is 0 Å². The summed E-state index contributed by atoms with van der Waals surface area (Å²) in [5, 5.41) is 3.53. The van der Waals surface area contributed by atoms with E-state index in [-0.39, 0.29) is 0 Å². The minimum atomic E-state index is 0.688. The molecule has 0 N–H and O–H groups in total. The monoisotopic (exact) mass is 866 g/mol. The van der Waals surface area contributed by atoms with Gasteiger partial charge in [-0.15, -0.1) is 0 Å². The lowest BCUT2D eigenvalue weighted by atomic mass is 9.94. The molecule has 0 radical (unpaired) electrons. The van der Waals surface area contributed by atoms with Gasteiger partial charge in [-0.1, -0.05) is 194 Å². The Morgan fingerprint density at radius 2 is 0.779 bits per heavy atom. The third-order valence-electron chi connectivity index (χ3n) is 13.3. The predicted molar refractivity (Wildman–Crippen MR) is 283 cm³/mol. The van der Waals surface area contributed by atoms with Gasteiger partial charge in [0.2, 0.25) is 0 Å². The summed E-state index contributed by atoms with van der Waals surface area (Å²) in [5.74, 6) is 0.688. The molecule has 13 aromatic rings. The average molecular weight is 867 g/mol. The van der Waals surface area contributed by atoms with Crippen molar-refractivity contribution >= 4 is 43.7 Å². The van der Waals surface area contributed by atoms with Gasteiger partial charge in [0.25, 0.3) is 0 Å². The summed E-state index contributed by atoms with van der Waals surface area (Å²) in [6.07, 6.45) is 0. The van der Waals surface area contributed by atoms with Crippen molar-refractivity contribution in [2.75, 3.05) is 0 Å². The highest BCUT2D eigenvalue weighted by Gasteiger charge is 2.22. The fourth-order valence-electron chi connectivity index (χ4n) is 10.2. The Morgan fingerprint density at radius 3 is 1.50 bits per heavy atom. The lowest BCUT2D eigenvalue weighted by molar-refractivity contribution is 1.15. The summed E-state index contributed by atoms with van der Waals surface area (Å²) in [6, 6.07) is 91.1. The Balaban J connectivity index is 0.968. The second kappa shape index (κ2) is 16.4. The molecule has 0 atom stereocenters. The van der Waals surface area contributed by atoms with Crippen LogP contribution >= 0.6 is 0 Å². The Kier molecular flexibility index (Phi) is 9.47. The molecule has 0 aliphatic rings. The van der Waals surface area contributed by atoms with Gasteiger partial charge in [0.05, 0.1) is 27.8 Å². The molecule has 0 bridgehead atoms. The van der Waals surface area contributed by atoms with Gasteiger partial charge >= 0.3 is 0 Å². The average Bonchev–Trinajstić information content (AvgIpc) is 3.94. The van der Waals surface area contributed by atoms with Crippen LogP contribution in [0.15, 0.2) is 255 Å². The van der Waals surface area contributed by atoms with Gasteiger partial charge in [-0.3, -0.25) is 0 Å². The molecule has 0 saturated heterocycles. The molecule has 318 valence electrons. The number of benzene rings is 10. The number of fused-ring (bicyclic) bond motifs is 6. The van der Waals surface area contributed by atoms with Gasteiger partial charge in [0, 0.05) is 38.7 Å². The highest BCUT2D eigenvalue weighted by atomic mass is 15.0. The van der Waals surface area contributed by atoms with Gasteiger partial charge in [0.1, 0.15) is 5.52 Å². The minimum absolute atomic E-state index is 0.688. The number of aromatic nitrogens is 4. The van der Waals surface area contributed by atoms with E-state index in [4.69, 9.17) is 9.97 Å². The molecule has 3 aromatic heterocycles. The zero-order chi connectivity index (χ0) is 45.0. The minimum Gasteiger partial charge on any atom is -0.309 e. The molecule has 0 aliphatic carbocycles. The maximum Gasteiger partial charge on any atom is 0.160 e. The summed E-state index contributed by atoms with van der Waals surface area (Å²) >= 11 is 0. The first kappa shape index (κ1) is 39.3. The predicted octanol–water partition coefficient (Wildman–Crippen LogP) is 16.7. The van der Waals surface area contributed by atoms with Crippen LogP contribution in [0.5, 0.6) is 0 Å². The fourth-order valence-corrected chi connectivity index (χ4v) is 10.2. The number of hydrogen-bond donors (Lipinski definition) is 0. The molecule has 4 nitrogen and oxygen atoms in total. The molecule has 13 rings (SSSR count). The fraction of sp³-hybridized carbons (Fsp3) is 0. The first-order valence-corrected chi connectivity index (χ1v) is 23.2. The van der Waals surface area contributed by atoms with Crippen molar-refractivity contribution in [3.63, 3.8) is 0 Å². The van der Waals surface area contributed by atoms with Crippen LogP contribution in [-0.4, -0.2) is 19.1 Å². The first-order valence-electron chi connectivity index (χ1n) is 23.2. The maximum atomic E-state index is 5.43. The van der Waals surface area contributed by atoms with Crippen LogP contribution in [0, 0.1) is 0 Å². The first-order chi connectivity index (χ1) is 33.7. The Bertz CT molecular complexity index is 4000. The molecule has 10 aromatic carbocycles. The van der Waals surface area contributed by atoms with E-state index < -0.39 is 0 Å². The Morgan fingerprint density at radius 1 is 0.279 bits per heavy atom. The van der Waals surface area contributed by atoms with Crippen LogP contribution in [0.2, 0.25) is 0 Å². The largest absolute Gasteiger partial charge is 0.309 e. The van der Waals surface area contributed by atoms with Crippen LogP contribution < -0.4 is 0 Å². The molecule has 0 amide bonds. The Labute approximate surface area is 394 Å². The molecule has 0 unspecified atom stereocenters. The number of hydrogen-bond acceptors (Lipinski definition) is 2. The molecular weight excluding hydrogens is 825 g/mol. The smallest absolute Gasteiger partial charge is 0.160 e. The molecule has 0 saturated carbocycles. The summed E-state index contributed by atoms with van der Waals surface area (Å²) in [5.41, 5.74) is 19.8. The van der Waals surface area contributed by atoms with Crippen LogP contribution in [0.1, 0.15) is 0 Å². The topological polar surface area (TPSA) is 35.6 Å². The van der Waals surface area contributed by atoms with Crippen molar-refractivity contribution in [3.05, 3.63) is 255 Å². The second-order valence-corrected chi connectivity index (χ2v) is 17.4. The normalized spacial score (nSPS) is 11.5. The maximum absolute atomic E-state index is 5.43. The van der Waals surface area contributed by atoms with Crippen molar-refractivity contribution in [1.29, 1.82) is 0 Å². The van der Waals surface area contributed by atoms with Crippen molar-refractivity contribution in [3.8, 4) is 78.5 Å². The molecule has 0 aliphatic heterocycles. The molecule has 0 spiro atoms. The van der Waals surface area contributed by atoms with Crippen LogP contribution in [0.4, 0.5) is 0 Å². The quantitative estimate of drug-likeness (QED) is 0.153. The van der Waals surface area contributed by atoms with Gasteiger partial charge in [-0.2, -0.15) is 0 Å². The molecular formula is C64H42N4. The zero-order valence-electron chi connectivity index (χ0n) is 37.0. The van der Waals surface area contributed by atoms with Crippen molar-refractivity contribution in [2.45, 2.75) is 0 Å². The third-order valence-corrected chi connectivity index (χ3v) is 13.3. The van der Waals surface area contributed by atoms with Crippen LogP contribution in [-0.2, 0) is 0 Å². The summed E-state index contributed by atoms with van der Waals surface area (Å²) in [4.78, 5) is 10.8. The van der Waals surface area contributed by atoms with E-state index >= 15 is 0 Å². The van der Waals surface area contributed by atoms with Gasteiger partial charge in [0.15, 0.2) is 5.82 Å². The number of nitrogens with zero attached hydrogens (tertiary/aromatic N) is 4. The zero-order valence-corrected chi connectivity index (χ0v) is 37.0. The lowest BCUT2D eigenvalue weighted by Crippen LogP contribution is -1.99. The molecule has 0 fully saturated rings. The van der Waals surface area contributed by atoms with Crippen LogP contribution in [0.3, 0.4) is 0 Å². The van der Waals surface area contributed by atoms with Gasteiger partial charge < -0.3 is 9.13 Å². The van der Waals surface area contributed by atoms with E-state index in [2.05, 4.69) is 264 Å². The van der Waals surface area contributed by atoms with Crippen molar-refractivity contribution < 1.29 is 0 Å². The highest BCUT2D eigenvalue weighted by Crippen LogP contribution is 2.43. The standard InChI is InChI=1S/C64H42N4/c1-5-19-43(20-6-1)48-27-17-32-53(41-48)67-58-38-37-49(44-21-7-2-8-22-44)42-56(58)60-54(34-18-36-59(60)67)50-28-15-25-46(39-50)47-26-16-29-51(40-47)64-65-61(45-23-9-3-10-24-45)63-62(66-64)55-33-13-14-35-57(55)68(63)52-30-11-4-12-31-52/h1-42H. The van der Waals surface area contributed by atoms with E-state index in [1.165, 1.54) is 44.1 Å². The van der Waals surface area contributed by atoms with E-state index in [0.29, 0.717) is 5.82 Å². The van der Waals surface area contributed by atoms with Crippen LogP contribution in [0.25, 0.3) is 122 Å². The second-order valence-electron chi connectivity index (χ2n) is 17.4. The summed E-state index contributed by atoms with van der Waals surface area (Å²) in [7, 11) is 0. The lowest BCUT2D eigenvalue weighted by Gasteiger charge is -2.13. The number of para-hydroxylation sites is 2. The van der Waals surface area contributed by atoms with E-state index in [1.54, 1.807) is 0 Å². The molecule has 3 heterocycles. The molecule has 4 heteroatoms. The van der Waals surface area contributed by atoms with Crippen molar-refractivity contribution in [1.82, 2.24) is 19.1 Å². The number of rotatable bonds is 8. The van der Waals surface area contributed by atoms with Gasteiger partial charge in [-0.05, 0) is 105 Å². The van der Waals surface area contributed by atoms with E-state index in [9.17, 15) is 0 Å². The Hall–Kier alpha value is -9.12. The van der Waals surface area contributed by atoms with Gasteiger partial charge in [-0.25, -0.2) is 9.97 Å². The SMILES string of the molecule is c1ccc(-c2cccc(-n3c4ccc(-c5ccccc5)cc4c4c(-c5cccc(-c6cccc(-c7nc(-c8ccccc8)c8c(n7)c7ccccc7n8-c7ccccc7)c6)c5)cccc43)c2)cc1. The van der Waals surface area contributed by atoms with E-state index in [1.807, 2.05) is 0 Å². The third kappa shape index (κ3) is 6.69. The highest BCUT2D eigenvalue weighted by molar-refractivity contribution is 6.17.